The van der Waals surface area contributed by atoms with Crippen molar-refractivity contribution in [3.05, 3.63) is 53.4 Å². The molecule has 0 saturated heterocycles. The van der Waals surface area contributed by atoms with E-state index in [1.807, 2.05) is 6.07 Å². The van der Waals surface area contributed by atoms with Crippen molar-refractivity contribution in [2.75, 3.05) is 26.0 Å². The van der Waals surface area contributed by atoms with Crippen LogP contribution in [0.1, 0.15) is 36.2 Å². The zero-order valence-electron chi connectivity index (χ0n) is 14.7. The molecule has 0 amide bonds. The van der Waals surface area contributed by atoms with Gasteiger partial charge in [0.25, 0.3) is 0 Å². The molecule has 2 aromatic heterocycles. The number of benzene rings is 1. The number of aromatic nitrogens is 4. The van der Waals surface area contributed by atoms with Gasteiger partial charge in [-0.25, -0.2) is 8.78 Å². The summed E-state index contributed by atoms with van der Waals surface area (Å²) in [4.78, 5) is 1.78. The van der Waals surface area contributed by atoms with Crippen LogP contribution in [0.25, 0.3) is 5.65 Å². The molecule has 1 atom stereocenters. The van der Waals surface area contributed by atoms with E-state index in [0.717, 1.165) is 18.7 Å². The Kier molecular flexibility index (Phi) is 4.28. The van der Waals surface area contributed by atoms with Crippen LogP contribution in [0, 0.1) is 11.6 Å². The van der Waals surface area contributed by atoms with Gasteiger partial charge in [-0.05, 0) is 51.2 Å². The standard InChI is InChI=1S/C18H20F2N6/c1-25(2)14(17-12(19)4-3-5-13(17)20)10-21-15-8-9-16-22-23-18(11-6-7-11)26(16)24-15/h3-5,8-9,11,14H,6-7,10H2,1-2H3,(H,21,24). The molecule has 1 unspecified atom stereocenters. The largest absolute Gasteiger partial charge is 0.367 e. The summed E-state index contributed by atoms with van der Waals surface area (Å²) in [5.41, 5.74) is 0.746. The van der Waals surface area contributed by atoms with E-state index in [-0.39, 0.29) is 5.56 Å². The molecule has 0 bridgehead atoms. The first-order valence-electron chi connectivity index (χ1n) is 8.61. The summed E-state index contributed by atoms with van der Waals surface area (Å²) in [6.45, 7) is 0.310. The first-order chi connectivity index (χ1) is 12.5. The second kappa shape index (κ2) is 6.60. The van der Waals surface area contributed by atoms with Crippen LogP contribution in [0.2, 0.25) is 0 Å². The van der Waals surface area contributed by atoms with Gasteiger partial charge < -0.3 is 10.2 Å². The average Bonchev–Trinajstić information content (AvgIpc) is 3.36. The lowest BCUT2D eigenvalue weighted by Crippen LogP contribution is -2.29. The van der Waals surface area contributed by atoms with E-state index >= 15 is 0 Å². The molecule has 1 fully saturated rings. The summed E-state index contributed by atoms with van der Waals surface area (Å²) in [7, 11) is 3.58. The molecule has 0 radical (unpaired) electrons. The second-order valence-corrected chi connectivity index (χ2v) is 6.82. The van der Waals surface area contributed by atoms with Crippen molar-refractivity contribution in [2.24, 2.45) is 0 Å². The summed E-state index contributed by atoms with van der Waals surface area (Å²) < 4.78 is 30.1. The van der Waals surface area contributed by atoms with Crippen molar-refractivity contribution in [1.82, 2.24) is 24.7 Å². The maximum absolute atomic E-state index is 14.2. The predicted molar refractivity (Wildman–Crippen MR) is 94.0 cm³/mol. The van der Waals surface area contributed by atoms with Gasteiger partial charge in [0.2, 0.25) is 0 Å². The highest BCUT2D eigenvalue weighted by atomic mass is 19.1. The quantitative estimate of drug-likeness (QED) is 0.734. The Bertz CT molecular complexity index is 914. The van der Waals surface area contributed by atoms with Gasteiger partial charge in [-0.3, -0.25) is 0 Å². The van der Waals surface area contributed by atoms with E-state index < -0.39 is 17.7 Å². The fraction of sp³-hybridized carbons (Fsp3) is 0.389. The summed E-state index contributed by atoms with van der Waals surface area (Å²) >= 11 is 0. The molecule has 136 valence electrons. The molecular weight excluding hydrogens is 338 g/mol. The number of anilines is 1. The number of nitrogens with one attached hydrogen (secondary N) is 1. The number of halogens is 2. The lowest BCUT2D eigenvalue weighted by molar-refractivity contribution is 0.295. The Morgan fingerprint density at radius 2 is 1.88 bits per heavy atom. The number of nitrogens with zero attached hydrogens (tertiary/aromatic N) is 5. The summed E-state index contributed by atoms with van der Waals surface area (Å²) in [6.07, 6.45) is 2.21. The van der Waals surface area contributed by atoms with Crippen molar-refractivity contribution in [3.63, 3.8) is 0 Å². The average molecular weight is 358 g/mol. The molecule has 1 aliphatic carbocycles. The van der Waals surface area contributed by atoms with Crippen LogP contribution in [0.5, 0.6) is 0 Å². The molecule has 2 heterocycles. The number of hydrogen-bond acceptors (Lipinski definition) is 5. The summed E-state index contributed by atoms with van der Waals surface area (Å²) in [6, 6.07) is 7.08. The van der Waals surface area contributed by atoms with Crippen molar-refractivity contribution >= 4 is 11.5 Å². The fourth-order valence-electron chi connectivity index (χ4n) is 3.07. The van der Waals surface area contributed by atoms with Gasteiger partial charge in [-0.1, -0.05) is 6.07 Å². The van der Waals surface area contributed by atoms with Gasteiger partial charge in [-0.2, -0.15) is 4.52 Å². The van der Waals surface area contributed by atoms with Crippen LogP contribution >= 0.6 is 0 Å². The van der Waals surface area contributed by atoms with Gasteiger partial charge in [0.1, 0.15) is 17.5 Å². The van der Waals surface area contributed by atoms with E-state index in [4.69, 9.17) is 0 Å². The van der Waals surface area contributed by atoms with Gasteiger partial charge >= 0.3 is 0 Å². The summed E-state index contributed by atoms with van der Waals surface area (Å²) in [5.74, 6) is 0.804. The van der Waals surface area contributed by atoms with Gasteiger partial charge in [0, 0.05) is 18.0 Å². The first-order valence-corrected chi connectivity index (χ1v) is 8.61. The zero-order valence-corrected chi connectivity index (χ0v) is 14.7. The predicted octanol–water partition coefficient (Wildman–Crippen LogP) is 2.99. The van der Waals surface area contributed by atoms with Gasteiger partial charge in [0.05, 0.1) is 6.04 Å². The Morgan fingerprint density at radius 1 is 1.15 bits per heavy atom. The van der Waals surface area contributed by atoms with Crippen molar-refractivity contribution < 1.29 is 8.78 Å². The van der Waals surface area contributed by atoms with Crippen molar-refractivity contribution in [3.8, 4) is 0 Å². The SMILES string of the molecule is CN(C)C(CNc1ccc2nnc(C3CC3)n2n1)c1c(F)cccc1F. The van der Waals surface area contributed by atoms with E-state index in [1.165, 1.54) is 18.2 Å². The highest BCUT2D eigenvalue weighted by Gasteiger charge is 2.29. The number of hydrogen-bond donors (Lipinski definition) is 1. The fourth-order valence-corrected chi connectivity index (χ4v) is 3.07. The molecule has 3 aromatic rings. The third-order valence-electron chi connectivity index (χ3n) is 4.66. The van der Waals surface area contributed by atoms with E-state index in [2.05, 4.69) is 20.6 Å². The molecular formula is C18H20F2N6. The topological polar surface area (TPSA) is 58.3 Å². The second-order valence-electron chi connectivity index (χ2n) is 6.82. The van der Waals surface area contributed by atoms with Crippen molar-refractivity contribution in [2.45, 2.75) is 24.8 Å². The molecule has 26 heavy (non-hydrogen) atoms. The van der Waals surface area contributed by atoms with E-state index in [0.29, 0.717) is 23.9 Å². The molecule has 1 saturated carbocycles. The Labute approximate surface area is 149 Å². The van der Waals surface area contributed by atoms with Crippen LogP contribution in [0.15, 0.2) is 30.3 Å². The number of fused-ring (bicyclic) bond motifs is 1. The molecule has 8 heteroatoms. The van der Waals surface area contributed by atoms with Gasteiger partial charge in [0.15, 0.2) is 11.5 Å². The van der Waals surface area contributed by atoms with Crippen LogP contribution in [-0.2, 0) is 0 Å². The van der Waals surface area contributed by atoms with Crippen molar-refractivity contribution in [1.29, 1.82) is 0 Å². The molecule has 0 spiro atoms. The monoisotopic (exact) mass is 358 g/mol. The third-order valence-corrected chi connectivity index (χ3v) is 4.66. The van der Waals surface area contributed by atoms with Crippen LogP contribution in [0.3, 0.4) is 0 Å². The number of likely N-dealkylation sites (N-methyl/N-ethyl adjacent to an activating group) is 1. The van der Waals surface area contributed by atoms with Crippen LogP contribution in [-0.4, -0.2) is 45.4 Å². The third kappa shape index (κ3) is 3.12. The minimum atomic E-state index is -0.552. The molecule has 0 aliphatic heterocycles. The maximum Gasteiger partial charge on any atom is 0.178 e. The molecule has 4 rings (SSSR count). The Morgan fingerprint density at radius 3 is 2.54 bits per heavy atom. The first kappa shape index (κ1) is 16.8. The van der Waals surface area contributed by atoms with E-state index in [9.17, 15) is 8.78 Å². The number of rotatable bonds is 6. The Balaban J connectivity index is 1.58. The Hall–Kier alpha value is -2.61. The molecule has 1 N–H and O–H groups in total. The smallest absolute Gasteiger partial charge is 0.178 e. The van der Waals surface area contributed by atoms with Crippen LogP contribution in [0.4, 0.5) is 14.6 Å². The van der Waals surface area contributed by atoms with E-state index in [1.54, 1.807) is 29.6 Å². The highest BCUT2D eigenvalue weighted by Crippen LogP contribution is 2.38. The molecule has 1 aromatic carbocycles. The maximum atomic E-state index is 14.2. The highest BCUT2D eigenvalue weighted by molar-refractivity contribution is 5.45. The molecule has 1 aliphatic rings. The molecule has 6 nitrogen and oxygen atoms in total. The minimum absolute atomic E-state index is 0.0500. The van der Waals surface area contributed by atoms with Crippen LogP contribution < -0.4 is 5.32 Å². The minimum Gasteiger partial charge on any atom is -0.367 e. The van der Waals surface area contributed by atoms with Gasteiger partial charge in [-0.15, -0.1) is 15.3 Å². The zero-order chi connectivity index (χ0) is 18.3. The summed E-state index contributed by atoms with van der Waals surface area (Å²) in [5, 5.41) is 16.1. The lowest BCUT2D eigenvalue weighted by Gasteiger charge is -2.26. The normalized spacial score (nSPS) is 15.6. The lowest BCUT2D eigenvalue weighted by atomic mass is 10.0.